The Kier molecular flexibility index (Phi) is 5.13. The Bertz CT molecular complexity index is 1050. The third-order valence-corrected chi connectivity index (χ3v) is 5.27. The fourth-order valence-corrected chi connectivity index (χ4v) is 3.79. The van der Waals surface area contributed by atoms with E-state index in [2.05, 4.69) is 9.97 Å². The van der Waals surface area contributed by atoms with Crippen LogP contribution in [0.2, 0.25) is 0 Å². The monoisotopic (exact) mass is 373 g/mol. The van der Waals surface area contributed by atoms with Gasteiger partial charge >= 0.3 is 5.97 Å². The van der Waals surface area contributed by atoms with E-state index in [1.54, 1.807) is 6.92 Å². The van der Waals surface area contributed by atoms with Crippen LogP contribution < -0.4 is 5.56 Å². The number of esters is 1. The van der Waals surface area contributed by atoms with Gasteiger partial charge in [-0.05, 0) is 26.8 Å². The van der Waals surface area contributed by atoms with Crippen molar-refractivity contribution < 1.29 is 14.3 Å². The van der Waals surface area contributed by atoms with Gasteiger partial charge in [-0.1, -0.05) is 30.0 Å². The highest BCUT2D eigenvalue weighted by atomic mass is 32.2. The number of carbonyl (C=O) groups excluding carboxylic acids is 2. The SMILES string of the molecule is CCOC(=O)C(Sc1nc2c([nH]c3ccccc32)c(=O)n1CC)C(C)=O. The van der Waals surface area contributed by atoms with Gasteiger partial charge in [0.2, 0.25) is 0 Å². The Labute approximate surface area is 153 Å². The topological polar surface area (TPSA) is 94.0 Å². The lowest BCUT2D eigenvalue weighted by atomic mass is 10.2. The van der Waals surface area contributed by atoms with E-state index in [1.807, 2.05) is 31.2 Å². The summed E-state index contributed by atoms with van der Waals surface area (Å²) in [4.78, 5) is 44.6. The van der Waals surface area contributed by atoms with Gasteiger partial charge in [-0.15, -0.1) is 0 Å². The number of H-pyrrole nitrogens is 1. The van der Waals surface area contributed by atoms with Crippen LogP contribution in [-0.2, 0) is 20.9 Å². The maximum Gasteiger partial charge on any atom is 0.327 e. The summed E-state index contributed by atoms with van der Waals surface area (Å²) in [7, 11) is 0. The molecule has 0 bridgehead atoms. The van der Waals surface area contributed by atoms with Crippen LogP contribution in [0.3, 0.4) is 0 Å². The summed E-state index contributed by atoms with van der Waals surface area (Å²) in [6.45, 7) is 5.37. The van der Waals surface area contributed by atoms with Crippen LogP contribution in [0.1, 0.15) is 20.8 Å². The van der Waals surface area contributed by atoms with E-state index in [4.69, 9.17) is 4.74 Å². The second-order valence-electron chi connectivity index (χ2n) is 5.70. The van der Waals surface area contributed by atoms with Crippen LogP contribution in [0.5, 0.6) is 0 Å². The molecule has 3 aromatic rings. The molecular weight excluding hydrogens is 354 g/mol. The number of hydrogen-bond donors (Lipinski definition) is 1. The van der Waals surface area contributed by atoms with Crippen LogP contribution >= 0.6 is 11.8 Å². The van der Waals surface area contributed by atoms with Crippen molar-refractivity contribution in [3.05, 3.63) is 34.6 Å². The minimum atomic E-state index is -1.05. The molecule has 26 heavy (non-hydrogen) atoms. The molecule has 2 aromatic heterocycles. The lowest BCUT2D eigenvalue weighted by molar-refractivity contribution is -0.144. The standard InChI is InChI=1S/C18H19N3O4S/c1-4-21-16(23)14-13(11-8-6-7-9-12(11)19-14)20-18(21)26-15(10(3)22)17(24)25-5-2/h6-9,15,19H,4-5H2,1-3H3. The Morgan fingerprint density at radius 1 is 1.31 bits per heavy atom. The lowest BCUT2D eigenvalue weighted by Crippen LogP contribution is -2.30. The van der Waals surface area contributed by atoms with E-state index in [1.165, 1.54) is 11.5 Å². The van der Waals surface area contributed by atoms with Crippen molar-refractivity contribution >= 4 is 45.5 Å². The molecule has 136 valence electrons. The predicted octanol–water partition coefficient (Wildman–Crippen LogP) is 2.51. The number of hydrogen-bond acceptors (Lipinski definition) is 6. The maximum atomic E-state index is 12.9. The highest BCUT2D eigenvalue weighted by molar-refractivity contribution is 8.01. The van der Waals surface area contributed by atoms with Gasteiger partial charge in [-0.2, -0.15) is 0 Å². The molecular formula is C18H19N3O4S. The van der Waals surface area contributed by atoms with Crippen LogP contribution in [0.4, 0.5) is 0 Å². The second kappa shape index (κ2) is 7.33. The van der Waals surface area contributed by atoms with Crippen molar-refractivity contribution in [1.29, 1.82) is 0 Å². The molecule has 1 unspecified atom stereocenters. The number of carbonyl (C=O) groups is 2. The number of para-hydroxylation sites is 1. The minimum Gasteiger partial charge on any atom is -0.465 e. The number of rotatable bonds is 6. The highest BCUT2D eigenvalue weighted by Gasteiger charge is 2.28. The van der Waals surface area contributed by atoms with Crippen LogP contribution in [-0.4, -0.2) is 38.1 Å². The number of aromatic amines is 1. The minimum absolute atomic E-state index is 0.179. The second-order valence-corrected chi connectivity index (χ2v) is 6.77. The normalized spacial score (nSPS) is 12.4. The van der Waals surface area contributed by atoms with E-state index in [0.29, 0.717) is 22.7 Å². The van der Waals surface area contributed by atoms with Gasteiger partial charge in [0, 0.05) is 17.4 Å². The van der Waals surface area contributed by atoms with Gasteiger partial charge in [0.1, 0.15) is 11.0 Å². The Morgan fingerprint density at radius 3 is 2.69 bits per heavy atom. The van der Waals surface area contributed by atoms with E-state index < -0.39 is 11.2 Å². The maximum absolute atomic E-state index is 12.9. The Balaban J connectivity index is 2.18. The smallest absolute Gasteiger partial charge is 0.327 e. The van der Waals surface area contributed by atoms with Gasteiger partial charge in [-0.25, -0.2) is 4.98 Å². The zero-order valence-electron chi connectivity index (χ0n) is 14.7. The zero-order chi connectivity index (χ0) is 18.8. The van der Waals surface area contributed by atoms with E-state index in [0.717, 1.165) is 22.7 Å². The first-order valence-corrected chi connectivity index (χ1v) is 9.20. The summed E-state index contributed by atoms with van der Waals surface area (Å²) >= 11 is 0.951. The van der Waals surface area contributed by atoms with Crippen LogP contribution in [0.25, 0.3) is 21.9 Å². The van der Waals surface area contributed by atoms with Crippen LogP contribution in [0, 0.1) is 0 Å². The molecule has 0 spiro atoms. The lowest BCUT2D eigenvalue weighted by Gasteiger charge is -2.15. The van der Waals surface area contributed by atoms with E-state index in [9.17, 15) is 14.4 Å². The molecule has 1 atom stereocenters. The summed E-state index contributed by atoms with van der Waals surface area (Å²) in [6, 6.07) is 7.49. The number of ketones is 1. The molecule has 2 heterocycles. The molecule has 7 nitrogen and oxygen atoms in total. The van der Waals surface area contributed by atoms with Crippen molar-refractivity contribution in [2.75, 3.05) is 6.61 Å². The number of nitrogens with zero attached hydrogens (tertiary/aromatic N) is 2. The van der Waals surface area contributed by atoms with Gasteiger partial charge < -0.3 is 9.72 Å². The fourth-order valence-electron chi connectivity index (χ4n) is 2.77. The first kappa shape index (κ1) is 18.2. The van der Waals surface area contributed by atoms with Crippen molar-refractivity contribution in [3.8, 4) is 0 Å². The predicted molar refractivity (Wildman–Crippen MR) is 100 cm³/mol. The number of aromatic nitrogens is 3. The van der Waals surface area contributed by atoms with Crippen molar-refractivity contribution in [2.45, 2.75) is 37.7 Å². The van der Waals surface area contributed by atoms with Crippen molar-refractivity contribution in [3.63, 3.8) is 0 Å². The Hall–Kier alpha value is -2.61. The average molecular weight is 373 g/mol. The molecule has 0 radical (unpaired) electrons. The van der Waals surface area contributed by atoms with Crippen molar-refractivity contribution in [1.82, 2.24) is 14.5 Å². The molecule has 1 aromatic carbocycles. The number of benzene rings is 1. The number of ether oxygens (including phenoxy) is 1. The number of fused-ring (bicyclic) bond motifs is 3. The molecule has 0 aliphatic heterocycles. The van der Waals surface area contributed by atoms with Gasteiger partial charge in [-0.3, -0.25) is 19.0 Å². The highest BCUT2D eigenvalue weighted by Crippen LogP contribution is 2.27. The van der Waals surface area contributed by atoms with E-state index >= 15 is 0 Å². The quantitative estimate of drug-likeness (QED) is 0.309. The number of nitrogens with one attached hydrogen (secondary N) is 1. The first-order valence-electron chi connectivity index (χ1n) is 8.32. The molecule has 0 fully saturated rings. The van der Waals surface area contributed by atoms with Gasteiger partial charge in [0.15, 0.2) is 16.2 Å². The molecule has 0 saturated heterocycles. The molecule has 0 aliphatic carbocycles. The van der Waals surface area contributed by atoms with Crippen LogP contribution in [0.15, 0.2) is 34.2 Å². The number of thioether (sulfide) groups is 1. The Morgan fingerprint density at radius 2 is 2.04 bits per heavy atom. The summed E-state index contributed by atoms with van der Waals surface area (Å²) in [5.74, 6) is -0.967. The number of Topliss-reactive ketones (excluding diaryl/α,β-unsaturated/α-hetero) is 1. The van der Waals surface area contributed by atoms with Gasteiger partial charge in [0.05, 0.1) is 6.61 Å². The van der Waals surface area contributed by atoms with Gasteiger partial charge in [0.25, 0.3) is 5.56 Å². The summed E-state index contributed by atoms with van der Waals surface area (Å²) < 4.78 is 6.44. The summed E-state index contributed by atoms with van der Waals surface area (Å²) in [5.41, 5.74) is 1.52. The molecule has 0 saturated carbocycles. The summed E-state index contributed by atoms with van der Waals surface area (Å²) in [5, 5.41) is 0.0884. The molecule has 0 aliphatic rings. The zero-order valence-corrected chi connectivity index (χ0v) is 15.6. The summed E-state index contributed by atoms with van der Waals surface area (Å²) in [6.07, 6.45) is 0. The van der Waals surface area contributed by atoms with E-state index in [-0.39, 0.29) is 17.9 Å². The molecule has 8 heteroatoms. The third kappa shape index (κ3) is 3.12. The third-order valence-electron chi connectivity index (χ3n) is 3.99. The van der Waals surface area contributed by atoms with Crippen molar-refractivity contribution in [2.24, 2.45) is 0 Å². The molecule has 1 N–H and O–H groups in total. The largest absolute Gasteiger partial charge is 0.465 e. The molecule has 0 amide bonds. The fraction of sp³-hybridized carbons (Fsp3) is 0.333. The average Bonchev–Trinajstić information content (AvgIpc) is 2.99. The molecule has 3 rings (SSSR count). The first-order chi connectivity index (χ1) is 12.5.